The minimum absolute atomic E-state index is 0.00158. The molecule has 2 aromatic rings. The molecule has 1 N–H and O–H groups in total. The monoisotopic (exact) mass is 357 g/mol. The molecule has 1 saturated heterocycles. The first-order chi connectivity index (χ1) is 12.7. The predicted molar refractivity (Wildman–Crippen MR) is 90.7 cm³/mol. The number of aromatic nitrogens is 3. The smallest absolute Gasteiger partial charge is 0.260 e. The summed E-state index contributed by atoms with van der Waals surface area (Å²) in [5.41, 5.74) is 0.929. The van der Waals surface area contributed by atoms with Crippen LogP contribution >= 0.6 is 0 Å². The lowest BCUT2D eigenvalue weighted by Gasteiger charge is -2.26. The van der Waals surface area contributed by atoms with Crippen molar-refractivity contribution in [2.45, 2.75) is 12.5 Å². The van der Waals surface area contributed by atoms with E-state index in [1.54, 1.807) is 21.7 Å². The number of anilines is 1. The fourth-order valence-corrected chi connectivity index (χ4v) is 3.10. The summed E-state index contributed by atoms with van der Waals surface area (Å²) in [5.74, 6) is 0.914. The summed E-state index contributed by atoms with van der Waals surface area (Å²) < 4.78 is 12.5. The number of hydrogen-bond acceptors (Lipinski definition) is 6. The van der Waals surface area contributed by atoms with Crippen LogP contribution in [0.1, 0.15) is 18.0 Å². The molecule has 26 heavy (non-hydrogen) atoms. The van der Waals surface area contributed by atoms with Crippen LogP contribution in [0.3, 0.4) is 0 Å². The highest BCUT2D eigenvalue weighted by molar-refractivity contribution is 5.91. The van der Waals surface area contributed by atoms with Gasteiger partial charge in [-0.2, -0.15) is 10.1 Å². The highest BCUT2D eigenvalue weighted by Crippen LogP contribution is 2.29. The van der Waals surface area contributed by atoms with E-state index in [2.05, 4.69) is 15.4 Å². The van der Waals surface area contributed by atoms with Crippen molar-refractivity contribution in [1.29, 1.82) is 0 Å². The number of nitrogens with one attached hydrogen (secondary N) is 1. The van der Waals surface area contributed by atoms with Gasteiger partial charge in [-0.05, 0) is 17.7 Å². The van der Waals surface area contributed by atoms with Crippen molar-refractivity contribution >= 4 is 17.8 Å². The summed E-state index contributed by atoms with van der Waals surface area (Å²) >= 11 is 0. The van der Waals surface area contributed by atoms with Gasteiger partial charge in [0.25, 0.3) is 5.91 Å². The van der Waals surface area contributed by atoms with Gasteiger partial charge in [0.15, 0.2) is 6.61 Å². The topological polar surface area (TPSA) is 98.6 Å². The molecule has 0 unspecified atom stereocenters. The zero-order chi connectivity index (χ0) is 17.9. The maximum absolute atomic E-state index is 12.1. The Hall–Kier alpha value is -2.94. The number of rotatable bonds is 4. The van der Waals surface area contributed by atoms with Crippen LogP contribution in [0.15, 0.2) is 30.6 Å². The van der Waals surface area contributed by atoms with Crippen molar-refractivity contribution in [1.82, 2.24) is 19.7 Å². The van der Waals surface area contributed by atoms with Crippen LogP contribution in [0.2, 0.25) is 0 Å². The van der Waals surface area contributed by atoms with E-state index in [0.29, 0.717) is 44.4 Å². The third kappa shape index (κ3) is 3.38. The van der Waals surface area contributed by atoms with E-state index in [1.807, 2.05) is 12.1 Å². The Balaban J connectivity index is 1.40. The largest absolute Gasteiger partial charge is 0.484 e. The minimum Gasteiger partial charge on any atom is -0.484 e. The molecule has 2 aliphatic rings. The molecule has 0 saturated carbocycles. The first-order valence-corrected chi connectivity index (χ1v) is 8.48. The van der Waals surface area contributed by atoms with Gasteiger partial charge >= 0.3 is 0 Å². The van der Waals surface area contributed by atoms with E-state index in [0.717, 1.165) is 5.56 Å². The van der Waals surface area contributed by atoms with Gasteiger partial charge < -0.3 is 14.4 Å². The standard InChI is InChI=1S/C17H19N5O4/c23-15-9-14(22-17(20-15)18-11-19-22)12-1-3-13(4-2-12)26-10-16(24)21-5-7-25-8-6-21/h1-4,11,14H,5-10H2,(H,18,19,20,23)/t14-/m1/s1. The molecule has 2 aliphatic heterocycles. The maximum atomic E-state index is 12.1. The summed E-state index contributed by atoms with van der Waals surface area (Å²) in [7, 11) is 0. The molecule has 1 aromatic carbocycles. The van der Waals surface area contributed by atoms with Gasteiger partial charge in [0.1, 0.15) is 12.1 Å². The van der Waals surface area contributed by atoms with Crippen LogP contribution in [-0.2, 0) is 14.3 Å². The zero-order valence-electron chi connectivity index (χ0n) is 14.1. The fraction of sp³-hybridized carbons (Fsp3) is 0.412. The molecule has 9 nitrogen and oxygen atoms in total. The average Bonchev–Trinajstić information content (AvgIpc) is 3.15. The van der Waals surface area contributed by atoms with Crippen molar-refractivity contribution in [3.05, 3.63) is 36.2 Å². The van der Waals surface area contributed by atoms with Crippen molar-refractivity contribution in [2.75, 3.05) is 38.2 Å². The molecule has 0 spiro atoms. The second kappa shape index (κ2) is 7.12. The molecule has 0 radical (unpaired) electrons. The first kappa shape index (κ1) is 16.5. The van der Waals surface area contributed by atoms with E-state index in [1.165, 1.54) is 6.33 Å². The number of fused-ring (bicyclic) bond motifs is 1. The molecular weight excluding hydrogens is 338 g/mol. The Morgan fingerprint density at radius 2 is 2.04 bits per heavy atom. The average molecular weight is 357 g/mol. The van der Waals surface area contributed by atoms with Gasteiger partial charge in [0, 0.05) is 13.1 Å². The SMILES string of the molecule is O=C1C[C@H](c2ccc(OCC(=O)N3CCOCC3)cc2)n2ncnc2N1. The second-order valence-electron chi connectivity index (χ2n) is 6.15. The number of amides is 2. The summed E-state index contributed by atoms with van der Waals surface area (Å²) in [6.07, 6.45) is 1.72. The molecule has 4 rings (SSSR count). The van der Waals surface area contributed by atoms with Gasteiger partial charge in [-0.15, -0.1) is 0 Å². The Bertz CT molecular complexity index is 798. The van der Waals surface area contributed by atoms with Gasteiger partial charge in [-0.25, -0.2) is 4.68 Å². The Morgan fingerprint density at radius 3 is 2.81 bits per heavy atom. The molecule has 1 atom stereocenters. The van der Waals surface area contributed by atoms with E-state index in [4.69, 9.17) is 9.47 Å². The van der Waals surface area contributed by atoms with E-state index >= 15 is 0 Å². The van der Waals surface area contributed by atoms with Crippen molar-refractivity contribution in [2.24, 2.45) is 0 Å². The molecule has 0 aliphatic carbocycles. The zero-order valence-corrected chi connectivity index (χ0v) is 14.1. The molecular formula is C17H19N5O4. The summed E-state index contributed by atoms with van der Waals surface area (Å²) in [6, 6.07) is 7.15. The van der Waals surface area contributed by atoms with Crippen LogP contribution in [-0.4, -0.2) is 64.4 Å². The molecule has 0 bridgehead atoms. The molecule has 136 valence electrons. The number of morpholine rings is 1. The van der Waals surface area contributed by atoms with E-state index in [9.17, 15) is 9.59 Å². The molecule has 2 amide bonds. The van der Waals surface area contributed by atoms with Gasteiger partial charge in [-0.1, -0.05) is 12.1 Å². The maximum Gasteiger partial charge on any atom is 0.260 e. The Labute approximate surface area is 149 Å². The molecule has 1 fully saturated rings. The Kier molecular flexibility index (Phi) is 4.53. The van der Waals surface area contributed by atoms with Gasteiger partial charge in [-0.3, -0.25) is 14.9 Å². The third-order valence-corrected chi connectivity index (χ3v) is 4.49. The van der Waals surface area contributed by atoms with E-state index in [-0.39, 0.29) is 24.5 Å². The number of nitrogens with zero attached hydrogens (tertiary/aromatic N) is 4. The van der Waals surface area contributed by atoms with Crippen LogP contribution < -0.4 is 10.1 Å². The van der Waals surface area contributed by atoms with Gasteiger partial charge in [0.2, 0.25) is 11.9 Å². The number of carbonyl (C=O) groups excluding carboxylic acids is 2. The second-order valence-corrected chi connectivity index (χ2v) is 6.15. The summed E-state index contributed by atoms with van der Waals surface area (Å²) in [4.78, 5) is 29.7. The predicted octanol–water partition coefficient (Wildman–Crippen LogP) is 0.447. The van der Waals surface area contributed by atoms with Crippen LogP contribution in [0.5, 0.6) is 5.75 Å². The van der Waals surface area contributed by atoms with Crippen molar-refractivity contribution in [3.63, 3.8) is 0 Å². The normalized spacial score (nSPS) is 19.6. The summed E-state index contributed by atoms with van der Waals surface area (Å²) in [5, 5.41) is 6.87. The Morgan fingerprint density at radius 1 is 1.27 bits per heavy atom. The quantitative estimate of drug-likeness (QED) is 0.853. The highest BCUT2D eigenvalue weighted by atomic mass is 16.5. The first-order valence-electron chi connectivity index (χ1n) is 8.48. The highest BCUT2D eigenvalue weighted by Gasteiger charge is 2.27. The number of ether oxygens (including phenoxy) is 2. The minimum atomic E-state index is -0.203. The lowest BCUT2D eigenvalue weighted by molar-refractivity contribution is -0.137. The van der Waals surface area contributed by atoms with E-state index < -0.39 is 0 Å². The summed E-state index contributed by atoms with van der Waals surface area (Å²) in [6.45, 7) is 2.34. The van der Waals surface area contributed by atoms with Crippen LogP contribution in [0.4, 0.5) is 5.95 Å². The van der Waals surface area contributed by atoms with Crippen LogP contribution in [0, 0.1) is 0 Å². The van der Waals surface area contributed by atoms with Crippen LogP contribution in [0.25, 0.3) is 0 Å². The lowest BCUT2D eigenvalue weighted by atomic mass is 10.0. The van der Waals surface area contributed by atoms with Crippen molar-refractivity contribution < 1.29 is 19.1 Å². The number of benzene rings is 1. The molecule has 1 aromatic heterocycles. The fourth-order valence-electron chi connectivity index (χ4n) is 3.10. The number of carbonyl (C=O) groups is 2. The molecule has 9 heteroatoms. The molecule has 3 heterocycles. The third-order valence-electron chi connectivity index (χ3n) is 4.49. The van der Waals surface area contributed by atoms with Crippen molar-refractivity contribution in [3.8, 4) is 5.75 Å². The van der Waals surface area contributed by atoms with Gasteiger partial charge in [0.05, 0.1) is 25.7 Å². The lowest BCUT2D eigenvalue weighted by Crippen LogP contribution is -2.42. The number of hydrogen-bond donors (Lipinski definition) is 1.